The Morgan fingerprint density at radius 2 is 1.95 bits per heavy atom. The lowest BCUT2D eigenvalue weighted by Crippen LogP contribution is -2.03. The number of hydrogen-bond acceptors (Lipinski definition) is 7. The molecule has 0 aliphatic heterocycles. The summed E-state index contributed by atoms with van der Waals surface area (Å²) in [5, 5.41) is 34.4. The molecule has 0 aliphatic carbocycles. The lowest BCUT2D eigenvalue weighted by Gasteiger charge is -2.12. The van der Waals surface area contributed by atoms with Crippen LogP contribution in [0.15, 0.2) is 17.2 Å². The lowest BCUT2D eigenvalue weighted by molar-refractivity contribution is -0.398. The minimum absolute atomic E-state index is 0.108. The van der Waals surface area contributed by atoms with Crippen LogP contribution in [0.25, 0.3) is 0 Å². The highest BCUT2D eigenvalue weighted by atomic mass is 16.6. The first-order chi connectivity index (χ1) is 9.93. The molecule has 0 N–H and O–H groups in total. The van der Waals surface area contributed by atoms with E-state index in [1.165, 1.54) is 24.1 Å². The van der Waals surface area contributed by atoms with Crippen LogP contribution in [0.2, 0.25) is 0 Å². The molecule has 0 saturated carbocycles. The third kappa shape index (κ3) is 2.81. The highest BCUT2D eigenvalue weighted by molar-refractivity contribution is 5.83. The molecule has 0 amide bonds. The molecule has 1 heterocycles. The fourth-order valence-corrected chi connectivity index (χ4v) is 1.73. The predicted octanol–water partition coefficient (Wildman–Crippen LogP) is 0.768. The molecule has 2 rings (SSSR count). The van der Waals surface area contributed by atoms with E-state index in [1.54, 1.807) is 13.8 Å². The Morgan fingerprint density at radius 3 is 2.48 bits per heavy atom. The van der Waals surface area contributed by atoms with Gasteiger partial charge in [0.15, 0.2) is 11.6 Å². The van der Waals surface area contributed by atoms with Gasteiger partial charge in [-0.1, -0.05) is 0 Å². The molecule has 0 aliphatic rings. The van der Waals surface area contributed by atoms with Crippen molar-refractivity contribution in [3.8, 4) is 11.5 Å². The molecule has 0 radical (unpaired) electrons. The van der Waals surface area contributed by atoms with Crippen molar-refractivity contribution in [3.63, 3.8) is 0 Å². The molecule has 0 atom stereocenters. The first-order valence-corrected chi connectivity index (χ1v) is 5.90. The van der Waals surface area contributed by atoms with Crippen LogP contribution in [-0.4, -0.2) is 33.1 Å². The van der Waals surface area contributed by atoms with Gasteiger partial charge in [0.05, 0.1) is 18.2 Å². The fourth-order valence-electron chi connectivity index (χ4n) is 1.73. The number of benzene rings is 1. The average Bonchev–Trinajstić information content (AvgIpc) is 2.76. The predicted molar refractivity (Wildman–Crippen MR) is 71.6 cm³/mol. The molecule has 2 aromatic rings. The van der Waals surface area contributed by atoms with E-state index in [4.69, 9.17) is 4.74 Å². The van der Waals surface area contributed by atoms with Crippen LogP contribution in [0.4, 0.5) is 5.69 Å². The van der Waals surface area contributed by atoms with E-state index in [1.807, 2.05) is 0 Å². The molecule has 0 fully saturated rings. The van der Waals surface area contributed by atoms with Crippen molar-refractivity contribution in [1.29, 1.82) is 0 Å². The van der Waals surface area contributed by atoms with Gasteiger partial charge in [0, 0.05) is 17.4 Å². The zero-order valence-electron chi connectivity index (χ0n) is 11.6. The zero-order valence-corrected chi connectivity index (χ0v) is 11.6. The molecular formula is C12H12N5O4-. The number of nitrogens with zero attached hydrogens (tertiary/aromatic N) is 5. The van der Waals surface area contributed by atoms with Gasteiger partial charge in [-0.05, 0) is 19.9 Å². The number of aromatic nitrogens is 3. The molecule has 1 aromatic heterocycles. The molecule has 110 valence electrons. The van der Waals surface area contributed by atoms with Crippen molar-refractivity contribution in [2.45, 2.75) is 13.8 Å². The Hall–Kier alpha value is -2.97. The summed E-state index contributed by atoms with van der Waals surface area (Å²) >= 11 is 0. The van der Waals surface area contributed by atoms with E-state index in [0.29, 0.717) is 17.2 Å². The number of ether oxygens (including phenoxy) is 1. The minimum atomic E-state index is -0.767. The van der Waals surface area contributed by atoms with Gasteiger partial charge in [-0.25, -0.2) is 4.68 Å². The van der Waals surface area contributed by atoms with Crippen LogP contribution in [0.5, 0.6) is 11.5 Å². The topological polar surface area (TPSA) is 118 Å². The number of methoxy groups -OCH3 is 1. The highest BCUT2D eigenvalue weighted by Crippen LogP contribution is 2.33. The van der Waals surface area contributed by atoms with Crippen molar-refractivity contribution in [2.75, 3.05) is 7.11 Å². The maximum Gasteiger partial charge on any atom is 0.266 e. The molecule has 0 bridgehead atoms. The summed E-state index contributed by atoms with van der Waals surface area (Å²) in [5.41, 5.74) is -0.196. The smallest absolute Gasteiger partial charge is 0.266 e. The summed E-state index contributed by atoms with van der Waals surface area (Å²) in [6.07, 6.45) is 1.37. The molecule has 9 heteroatoms. The SMILES string of the molecule is COc1cc(/C=N\n2c(C)nnc2C)cc([N+](=O)[O-])c1[O-]. The second-order valence-electron chi connectivity index (χ2n) is 4.18. The Labute approximate surface area is 119 Å². The second kappa shape index (κ2) is 5.57. The van der Waals surface area contributed by atoms with E-state index in [2.05, 4.69) is 15.3 Å². The Morgan fingerprint density at radius 1 is 1.33 bits per heavy atom. The summed E-state index contributed by atoms with van der Waals surface area (Å²) in [6, 6.07) is 2.53. The Kier molecular flexibility index (Phi) is 3.83. The van der Waals surface area contributed by atoms with E-state index in [9.17, 15) is 15.2 Å². The highest BCUT2D eigenvalue weighted by Gasteiger charge is 2.13. The molecular weight excluding hydrogens is 278 g/mol. The molecule has 0 saturated heterocycles. The van der Waals surface area contributed by atoms with Crippen LogP contribution in [0.1, 0.15) is 17.2 Å². The van der Waals surface area contributed by atoms with E-state index in [-0.39, 0.29) is 5.75 Å². The first-order valence-electron chi connectivity index (χ1n) is 5.90. The largest absolute Gasteiger partial charge is 0.865 e. The zero-order chi connectivity index (χ0) is 15.6. The monoisotopic (exact) mass is 290 g/mol. The van der Waals surface area contributed by atoms with Crippen molar-refractivity contribution < 1.29 is 14.8 Å². The van der Waals surface area contributed by atoms with E-state index < -0.39 is 16.4 Å². The van der Waals surface area contributed by atoms with Gasteiger partial charge >= 0.3 is 0 Å². The van der Waals surface area contributed by atoms with Crippen LogP contribution in [-0.2, 0) is 0 Å². The van der Waals surface area contributed by atoms with Gasteiger partial charge in [-0.3, -0.25) is 10.1 Å². The van der Waals surface area contributed by atoms with Gasteiger partial charge < -0.3 is 9.84 Å². The number of nitro groups is 1. The lowest BCUT2D eigenvalue weighted by atomic mass is 10.2. The summed E-state index contributed by atoms with van der Waals surface area (Å²) in [4.78, 5) is 10.1. The third-order valence-electron chi connectivity index (χ3n) is 2.75. The van der Waals surface area contributed by atoms with Gasteiger partial charge in [-0.2, -0.15) is 5.10 Å². The van der Waals surface area contributed by atoms with Crippen molar-refractivity contribution >= 4 is 11.9 Å². The molecule has 0 unspecified atom stereocenters. The van der Waals surface area contributed by atoms with Crippen LogP contribution in [0.3, 0.4) is 0 Å². The molecule has 1 aromatic carbocycles. The Bertz CT molecular complexity index is 703. The van der Waals surface area contributed by atoms with Gasteiger partial charge in [0.25, 0.3) is 5.69 Å². The van der Waals surface area contributed by atoms with Gasteiger partial charge in [0.1, 0.15) is 5.75 Å². The summed E-state index contributed by atoms with van der Waals surface area (Å²) < 4.78 is 6.33. The van der Waals surface area contributed by atoms with Crippen molar-refractivity contribution in [2.24, 2.45) is 5.10 Å². The van der Waals surface area contributed by atoms with Crippen LogP contribution >= 0.6 is 0 Å². The maximum absolute atomic E-state index is 11.7. The van der Waals surface area contributed by atoms with Gasteiger partial charge in [-0.15, -0.1) is 10.2 Å². The summed E-state index contributed by atoms with van der Waals surface area (Å²) in [7, 11) is 1.27. The number of hydrogen-bond donors (Lipinski definition) is 0. The number of nitro benzene ring substituents is 1. The van der Waals surface area contributed by atoms with E-state index in [0.717, 1.165) is 6.07 Å². The van der Waals surface area contributed by atoms with Crippen LogP contribution in [0, 0.1) is 24.0 Å². The number of rotatable bonds is 4. The molecule has 21 heavy (non-hydrogen) atoms. The molecule has 0 spiro atoms. The molecule has 9 nitrogen and oxygen atoms in total. The normalized spacial score (nSPS) is 11.0. The summed E-state index contributed by atoms with van der Waals surface area (Å²) in [5.74, 6) is 0.274. The third-order valence-corrected chi connectivity index (χ3v) is 2.75. The van der Waals surface area contributed by atoms with E-state index >= 15 is 0 Å². The Balaban J connectivity index is 2.45. The quantitative estimate of drug-likeness (QED) is 0.466. The van der Waals surface area contributed by atoms with Crippen molar-refractivity contribution in [1.82, 2.24) is 14.9 Å². The van der Waals surface area contributed by atoms with Gasteiger partial charge in [0.2, 0.25) is 0 Å². The average molecular weight is 290 g/mol. The maximum atomic E-state index is 11.7. The summed E-state index contributed by atoms with van der Waals surface area (Å²) in [6.45, 7) is 3.45. The fraction of sp³-hybridized carbons (Fsp3) is 0.250. The first kappa shape index (κ1) is 14.4. The standard InChI is InChI=1S/C12H13N5O4/c1-7-14-15-8(2)16(7)13-6-9-4-10(17(19)20)12(18)11(5-9)21-3/h4-6,18H,1-3H3/p-1/b13-6-. The van der Waals surface area contributed by atoms with Crippen molar-refractivity contribution in [3.05, 3.63) is 39.5 Å². The van der Waals surface area contributed by atoms with Crippen LogP contribution < -0.4 is 9.84 Å². The number of aryl methyl sites for hydroxylation is 2. The minimum Gasteiger partial charge on any atom is -0.865 e. The second-order valence-corrected chi connectivity index (χ2v) is 4.18.